The van der Waals surface area contributed by atoms with E-state index in [0.717, 1.165) is 5.75 Å². The largest absolute Gasteiger partial charge is 0.396 e. The Hall–Kier alpha value is -1.00. The molecule has 4 heteroatoms. The van der Waals surface area contributed by atoms with Gasteiger partial charge in [0.2, 0.25) is 5.91 Å². The van der Waals surface area contributed by atoms with E-state index in [2.05, 4.69) is 17.4 Å². The van der Waals surface area contributed by atoms with E-state index in [0.29, 0.717) is 12.2 Å². The Morgan fingerprint density at radius 3 is 2.61 bits per heavy atom. The molecular formula is C14H21NO2S. The molecule has 0 aromatic heterocycles. The van der Waals surface area contributed by atoms with Gasteiger partial charge in [0.1, 0.15) is 0 Å². The maximum absolute atomic E-state index is 11.7. The predicted molar refractivity (Wildman–Crippen MR) is 76.5 cm³/mol. The Bertz CT molecular complexity index is 365. The van der Waals surface area contributed by atoms with Crippen LogP contribution in [-0.4, -0.2) is 28.9 Å². The second-order valence-electron chi connectivity index (χ2n) is 4.88. The molecule has 0 radical (unpaired) electrons. The summed E-state index contributed by atoms with van der Waals surface area (Å²) >= 11 is 1.60. The van der Waals surface area contributed by atoms with Gasteiger partial charge in [0.25, 0.3) is 0 Å². The van der Waals surface area contributed by atoms with Crippen LogP contribution >= 0.6 is 11.8 Å². The van der Waals surface area contributed by atoms with Crippen molar-refractivity contribution >= 4 is 17.7 Å². The van der Waals surface area contributed by atoms with E-state index in [-0.39, 0.29) is 18.1 Å². The van der Waals surface area contributed by atoms with Crippen molar-refractivity contribution in [3.8, 4) is 0 Å². The second kappa shape index (κ2) is 7.44. The lowest BCUT2D eigenvalue weighted by molar-refractivity contribution is -0.120. The Labute approximate surface area is 113 Å². The van der Waals surface area contributed by atoms with Gasteiger partial charge < -0.3 is 10.4 Å². The van der Waals surface area contributed by atoms with Gasteiger partial charge in [0.05, 0.1) is 5.75 Å². The number of thioether (sulfide) groups is 1. The van der Waals surface area contributed by atoms with Crippen LogP contribution < -0.4 is 5.32 Å². The molecule has 0 unspecified atom stereocenters. The summed E-state index contributed by atoms with van der Waals surface area (Å²) in [5, 5.41) is 11.8. The fraction of sp³-hybridized carbons (Fsp3) is 0.500. The number of carbonyl (C=O) groups excluding carboxylic acids is 1. The van der Waals surface area contributed by atoms with Crippen LogP contribution in [0.4, 0.5) is 0 Å². The van der Waals surface area contributed by atoms with Gasteiger partial charge >= 0.3 is 0 Å². The van der Waals surface area contributed by atoms with Gasteiger partial charge in [-0.2, -0.15) is 0 Å². The molecule has 2 N–H and O–H groups in total. The number of rotatable bonds is 7. The highest BCUT2D eigenvalue weighted by Crippen LogP contribution is 2.12. The molecule has 0 aliphatic heterocycles. The molecule has 0 spiro atoms. The van der Waals surface area contributed by atoms with Gasteiger partial charge in [0.15, 0.2) is 0 Å². The lowest BCUT2D eigenvalue weighted by Gasteiger charge is -2.25. The normalized spacial score (nSPS) is 11.3. The zero-order valence-corrected chi connectivity index (χ0v) is 11.8. The first kappa shape index (κ1) is 15.1. The molecule has 0 atom stereocenters. The molecule has 0 aliphatic carbocycles. The Morgan fingerprint density at radius 2 is 2.00 bits per heavy atom. The van der Waals surface area contributed by atoms with Crippen LogP contribution in [0.5, 0.6) is 0 Å². The van der Waals surface area contributed by atoms with Crippen LogP contribution in [-0.2, 0) is 10.5 Å². The number of aliphatic hydroxyl groups is 1. The van der Waals surface area contributed by atoms with Crippen molar-refractivity contribution in [1.29, 1.82) is 0 Å². The fourth-order valence-corrected chi connectivity index (χ4v) is 2.38. The summed E-state index contributed by atoms with van der Waals surface area (Å²) in [6.45, 7) is 3.93. The molecule has 1 amide bonds. The number of amides is 1. The molecule has 0 bridgehead atoms. The summed E-state index contributed by atoms with van der Waals surface area (Å²) in [7, 11) is 0. The van der Waals surface area contributed by atoms with Crippen molar-refractivity contribution in [2.75, 3.05) is 12.4 Å². The van der Waals surface area contributed by atoms with E-state index in [1.165, 1.54) is 5.56 Å². The summed E-state index contributed by atoms with van der Waals surface area (Å²) in [4.78, 5) is 11.7. The minimum Gasteiger partial charge on any atom is -0.396 e. The van der Waals surface area contributed by atoms with Gasteiger partial charge in [-0.05, 0) is 25.8 Å². The van der Waals surface area contributed by atoms with Crippen molar-refractivity contribution in [3.63, 3.8) is 0 Å². The first-order valence-corrected chi connectivity index (χ1v) is 7.22. The third kappa shape index (κ3) is 6.07. The quantitative estimate of drug-likeness (QED) is 0.796. The highest BCUT2D eigenvalue weighted by atomic mass is 32.2. The van der Waals surface area contributed by atoms with Crippen LogP contribution in [0.25, 0.3) is 0 Å². The number of hydrogen-bond acceptors (Lipinski definition) is 3. The van der Waals surface area contributed by atoms with Crippen molar-refractivity contribution in [3.05, 3.63) is 35.9 Å². The number of carbonyl (C=O) groups is 1. The minimum atomic E-state index is -0.334. The number of hydrogen-bond donors (Lipinski definition) is 2. The molecule has 0 saturated carbocycles. The van der Waals surface area contributed by atoms with Gasteiger partial charge in [-0.1, -0.05) is 30.3 Å². The van der Waals surface area contributed by atoms with E-state index in [1.807, 2.05) is 32.0 Å². The van der Waals surface area contributed by atoms with Crippen molar-refractivity contribution in [2.24, 2.45) is 0 Å². The Kier molecular flexibility index (Phi) is 6.22. The minimum absolute atomic E-state index is 0.0226. The summed E-state index contributed by atoms with van der Waals surface area (Å²) in [6.07, 6.45) is 0.572. The smallest absolute Gasteiger partial charge is 0.230 e. The number of benzene rings is 1. The zero-order valence-electron chi connectivity index (χ0n) is 11.0. The predicted octanol–water partition coefficient (Wildman–Crippen LogP) is 2.20. The molecule has 1 aromatic carbocycles. The molecule has 0 fully saturated rings. The molecular weight excluding hydrogens is 246 g/mol. The van der Waals surface area contributed by atoms with Crippen LogP contribution in [0.3, 0.4) is 0 Å². The van der Waals surface area contributed by atoms with Gasteiger partial charge in [0, 0.05) is 17.9 Å². The molecule has 0 saturated heterocycles. The van der Waals surface area contributed by atoms with Crippen LogP contribution in [0.2, 0.25) is 0 Å². The monoisotopic (exact) mass is 267 g/mol. The van der Waals surface area contributed by atoms with E-state index in [1.54, 1.807) is 11.8 Å². The van der Waals surface area contributed by atoms with E-state index in [4.69, 9.17) is 5.11 Å². The van der Waals surface area contributed by atoms with Crippen molar-refractivity contribution in [1.82, 2.24) is 5.32 Å². The number of nitrogens with one attached hydrogen (secondary N) is 1. The lowest BCUT2D eigenvalue weighted by atomic mass is 10.0. The zero-order chi connectivity index (χ0) is 13.4. The molecule has 100 valence electrons. The molecule has 0 heterocycles. The molecule has 3 nitrogen and oxygen atoms in total. The maximum Gasteiger partial charge on any atom is 0.230 e. The summed E-state index contributed by atoms with van der Waals surface area (Å²) in [6, 6.07) is 10.1. The molecule has 1 aromatic rings. The third-order valence-electron chi connectivity index (χ3n) is 2.56. The number of aliphatic hydroxyl groups excluding tert-OH is 1. The fourth-order valence-electron chi connectivity index (χ4n) is 1.59. The first-order chi connectivity index (χ1) is 8.53. The molecule has 0 aliphatic rings. The van der Waals surface area contributed by atoms with Crippen LogP contribution in [0, 0.1) is 0 Å². The van der Waals surface area contributed by atoms with Crippen molar-refractivity contribution in [2.45, 2.75) is 31.6 Å². The van der Waals surface area contributed by atoms with Gasteiger partial charge in [-0.15, -0.1) is 11.8 Å². The van der Waals surface area contributed by atoms with E-state index >= 15 is 0 Å². The average molecular weight is 267 g/mol. The lowest BCUT2D eigenvalue weighted by Crippen LogP contribution is -2.44. The van der Waals surface area contributed by atoms with Gasteiger partial charge in [-0.25, -0.2) is 0 Å². The topological polar surface area (TPSA) is 49.3 Å². The first-order valence-electron chi connectivity index (χ1n) is 6.07. The van der Waals surface area contributed by atoms with E-state index in [9.17, 15) is 4.79 Å². The van der Waals surface area contributed by atoms with E-state index < -0.39 is 0 Å². The van der Waals surface area contributed by atoms with Crippen LogP contribution in [0.1, 0.15) is 25.8 Å². The van der Waals surface area contributed by atoms with Crippen molar-refractivity contribution < 1.29 is 9.90 Å². The summed E-state index contributed by atoms with van der Waals surface area (Å²) < 4.78 is 0. The Morgan fingerprint density at radius 1 is 1.33 bits per heavy atom. The summed E-state index contributed by atoms with van der Waals surface area (Å²) in [5.41, 5.74) is 0.893. The maximum atomic E-state index is 11.7. The Balaban J connectivity index is 2.25. The summed E-state index contributed by atoms with van der Waals surface area (Å²) in [5.74, 6) is 1.31. The second-order valence-corrected chi connectivity index (χ2v) is 5.87. The van der Waals surface area contributed by atoms with Crippen LogP contribution in [0.15, 0.2) is 30.3 Å². The van der Waals surface area contributed by atoms with Gasteiger partial charge in [-0.3, -0.25) is 4.79 Å². The highest BCUT2D eigenvalue weighted by Gasteiger charge is 2.19. The average Bonchev–Trinajstić information content (AvgIpc) is 2.29. The molecule has 18 heavy (non-hydrogen) atoms. The SMILES string of the molecule is CC(C)(CCO)NC(=O)CSCc1ccccc1. The third-order valence-corrected chi connectivity index (χ3v) is 3.56. The standard InChI is InChI=1S/C14H21NO2S/c1-14(2,8-9-16)15-13(17)11-18-10-12-6-4-3-5-7-12/h3-7,16H,8-11H2,1-2H3,(H,15,17). The molecule has 1 rings (SSSR count). The highest BCUT2D eigenvalue weighted by molar-refractivity contribution is 7.99.